The van der Waals surface area contributed by atoms with E-state index in [0.29, 0.717) is 6.61 Å². The Morgan fingerprint density at radius 1 is 1.25 bits per heavy atom. The van der Waals surface area contributed by atoms with Crippen LogP contribution in [0.5, 0.6) is 0 Å². The van der Waals surface area contributed by atoms with Gasteiger partial charge in [-0.25, -0.2) is 0 Å². The van der Waals surface area contributed by atoms with Gasteiger partial charge in [-0.1, -0.05) is 42.4 Å². The normalized spacial score (nSPS) is 23.0. The predicted molar refractivity (Wildman–Crippen MR) is 78.6 cm³/mol. The highest BCUT2D eigenvalue weighted by Gasteiger charge is 2.18. The van der Waals surface area contributed by atoms with Gasteiger partial charge in [0, 0.05) is 0 Å². The van der Waals surface area contributed by atoms with Crippen LogP contribution in [0.1, 0.15) is 32.3 Å². The fraction of sp³-hybridized carbons (Fsp3) is 0.562. The van der Waals surface area contributed by atoms with E-state index in [2.05, 4.69) is 24.2 Å². The highest BCUT2D eigenvalue weighted by molar-refractivity contribution is 5.98. The fourth-order valence-corrected chi connectivity index (χ4v) is 2.48. The standard InChI is InChI=1S/C16H24N2O.ClH/c1-14-8-10-18(11-9-14)12-13-19-17-15(2)16-6-4-3-5-7-16;/h3-7,14H,8-13H2,1-2H3;1H/b17-15+;. The lowest BCUT2D eigenvalue weighted by atomic mass is 9.99. The van der Waals surface area contributed by atoms with Gasteiger partial charge in [0.15, 0.2) is 6.61 Å². The SMILES string of the molecule is C/C(=N\OCC[NH+]1CCC(C)CC1)c1ccccc1.[Cl-]. The van der Waals surface area contributed by atoms with Gasteiger partial charge >= 0.3 is 0 Å². The van der Waals surface area contributed by atoms with Crippen molar-refractivity contribution in [3.63, 3.8) is 0 Å². The lowest BCUT2D eigenvalue weighted by Gasteiger charge is -2.26. The fourth-order valence-electron chi connectivity index (χ4n) is 2.48. The van der Waals surface area contributed by atoms with Gasteiger partial charge in [-0.15, -0.1) is 0 Å². The number of nitrogens with one attached hydrogen (secondary N) is 1. The third kappa shape index (κ3) is 5.51. The summed E-state index contributed by atoms with van der Waals surface area (Å²) < 4.78 is 0. The van der Waals surface area contributed by atoms with Crippen LogP contribution in [0.15, 0.2) is 35.5 Å². The molecule has 3 nitrogen and oxygen atoms in total. The maximum atomic E-state index is 5.45. The first kappa shape index (κ1) is 17.0. The Hall–Kier alpha value is -1.06. The van der Waals surface area contributed by atoms with Crippen molar-refractivity contribution in [3.8, 4) is 0 Å². The van der Waals surface area contributed by atoms with E-state index in [1.54, 1.807) is 4.90 Å². The van der Waals surface area contributed by atoms with E-state index in [0.717, 1.165) is 23.7 Å². The van der Waals surface area contributed by atoms with E-state index >= 15 is 0 Å². The number of piperidine rings is 1. The molecular formula is C16H25ClN2O. The van der Waals surface area contributed by atoms with Crippen LogP contribution in [0.4, 0.5) is 0 Å². The van der Waals surface area contributed by atoms with Crippen molar-refractivity contribution >= 4 is 5.71 Å². The number of hydrogen-bond donors (Lipinski definition) is 1. The van der Waals surface area contributed by atoms with Gasteiger partial charge in [0.25, 0.3) is 0 Å². The minimum Gasteiger partial charge on any atom is -1.00 e. The molecule has 1 aliphatic rings. The van der Waals surface area contributed by atoms with Crippen molar-refractivity contribution < 1.29 is 22.1 Å². The molecule has 1 aromatic carbocycles. The third-order valence-electron chi connectivity index (χ3n) is 3.92. The number of likely N-dealkylation sites (tertiary alicyclic amines) is 1. The zero-order chi connectivity index (χ0) is 13.5. The number of oxime groups is 1. The smallest absolute Gasteiger partial charge is 0.165 e. The van der Waals surface area contributed by atoms with E-state index in [9.17, 15) is 0 Å². The predicted octanol–water partition coefficient (Wildman–Crippen LogP) is -1.25. The summed E-state index contributed by atoms with van der Waals surface area (Å²) >= 11 is 0. The Kier molecular flexibility index (Phi) is 7.63. The Labute approximate surface area is 128 Å². The summed E-state index contributed by atoms with van der Waals surface area (Å²) in [5.41, 5.74) is 2.07. The van der Waals surface area contributed by atoms with Crippen LogP contribution in [0.3, 0.4) is 0 Å². The molecule has 0 aliphatic carbocycles. The van der Waals surface area contributed by atoms with E-state index in [-0.39, 0.29) is 12.4 Å². The van der Waals surface area contributed by atoms with E-state index in [4.69, 9.17) is 4.84 Å². The molecule has 1 fully saturated rings. The molecule has 112 valence electrons. The van der Waals surface area contributed by atoms with Crippen molar-refractivity contribution in [3.05, 3.63) is 35.9 Å². The number of hydrogen-bond acceptors (Lipinski definition) is 2. The van der Waals surface area contributed by atoms with Crippen LogP contribution in [-0.2, 0) is 4.84 Å². The summed E-state index contributed by atoms with van der Waals surface area (Å²) in [7, 11) is 0. The van der Waals surface area contributed by atoms with Crippen LogP contribution in [-0.4, -0.2) is 32.0 Å². The largest absolute Gasteiger partial charge is 1.00 e. The number of quaternary nitrogens is 1. The molecule has 0 amide bonds. The molecule has 1 aliphatic heterocycles. The third-order valence-corrected chi connectivity index (χ3v) is 3.92. The van der Waals surface area contributed by atoms with Crippen LogP contribution in [0, 0.1) is 5.92 Å². The van der Waals surface area contributed by atoms with E-state index in [1.165, 1.54) is 25.9 Å². The van der Waals surface area contributed by atoms with Crippen molar-refractivity contribution in [1.82, 2.24) is 0 Å². The Bertz CT molecular complexity index is 400. The molecule has 1 saturated heterocycles. The summed E-state index contributed by atoms with van der Waals surface area (Å²) in [6.07, 6.45) is 2.70. The molecule has 0 radical (unpaired) electrons. The molecule has 1 aromatic rings. The first-order valence-corrected chi connectivity index (χ1v) is 7.31. The molecule has 4 heteroatoms. The Morgan fingerprint density at radius 3 is 2.55 bits per heavy atom. The number of halogens is 1. The molecule has 2 rings (SSSR count). The lowest BCUT2D eigenvalue weighted by molar-refractivity contribution is -0.906. The van der Waals surface area contributed by atoms with Gasteiger partial charge in [0.2, 0.25) is 0 Å². The first-order valence-electron chi connectivity index (χ1n) is 7.31. The second-order valence-electron chi connectivity index (χ2n) is 5.56. The molecule has 0 saturated carbocycles. The number of benzene rings is 1. The topological polar surface area (TPSA) is 26.0 Å². The Balaban J connectivity index is 0.00000200. The molecule has 0 spiro atoms. The summed E-state index contributed by atoms with van der Waals surface area (Å²) in [6, 6.07) is 10.2. The molecule has 20 heavy (non-hydrogen) atoms. The van der Waals surface area contributed by atoms with E-state index in [1.807, 2.05) is 25.1 Å². The minimum atomic E-state index is 0. The van der Waals surface area contributed by atoms with Crippen LogP contribution >= 0.6 is 0 Å². The quantitative estimate of drug-likeness (QED) is 0.410. The molecule has 1 heterocycles. The second kappa shape index (κ2) is 8.98. The van der Waals surface area contributed by atoms with Gasteiger partial charge in [0.1, 0.15) is 6.54 Å². The summed E-state index contributed by atoms with van der Waals surface area (Å²) in [4.78, 5) is 7.10. The summed E-state index contributed by atoms with van der Waals surface area (Å²) in [5, 5.41) is 4.20. The summed E-state index contributed by atoms with van der Waals surface area (Å²) in [6.45, 7) is 8.69. The highest BCUT2D eigenvalue weighted by Crippen LogP contribution is 2.06. The zero-order valence-corrected chi connectivity index (χ0v) is 13.2. The molecule has 0 aromatic heterocycles. The molecule has 1 N–H and O–H groups in total. The van der Waals surface area contributed by atoms with Crippen molar-refractivity contribution in [2.45, 2.75) is 26.7 Å². The first-order chi connectivity index (χ1) is 9.25. The maximum absolute atomic E-state index is 5.45. The second-order valence-corrected chi connectivity index (χ2v) is 5.56. The molecule has 0 unspecified atom stereocenters. The Morgan fingerprint density at radius 2 is 1.90 bits per heavy atom. The zero-order valence-electron chi connectivity index (χ0n) is 12.4. The van der Waals surface area contributed by atoms with Crippen molar-refractivity contribution in [2.75, 3.05) is 26.2 Å². The lowest BCUT2D eigenvalue weighted by Crippen LogP contribution is -3.13. The monoisotopic (exact) mass is 296 g/mol. The van der Waals surface area contributed by atoms with Gasteiger partial charge in [-0.05, 0) is 31.2 Å². The van der Waals surface area contributed by atoms with Crippen LogP contribution in [0.25, 0.3) is 0 Å². The summed E-state index contributed by atoms with van der Waals surface area (Å²) in [5.74, 6) is 0.906. The molecule has 0 bridgehead atoms. The molecule has 0 atom stereocenters. The minimum absolute atomic E-state index is 0. The van der Waals surface area contributed by atoms with Crippen LogP contribution < -0.4 is 17.3 Å². The van der Waals surface area contributed by atoms with Gasteiger partial charge < -0.3 is 22.1 Å². The van der Waals surface area contributed by atoms with Crippen LogP contribution in [0.2, 0.25) is 0 Å². The maximum Gasteiger partial charge on any atom is 0.165 e. The number of nitrogens with zero attached hydrogens (tertiary/aromatic N) is 1. The van der Waals surface area contributed by atoms with Gasteiger partial charge in [-0.3, -0.25) is 0 Å². The van der Waals surface area contributed by atoms with E-state index < -0.39 is 0 Å². The highest BCUT2D eigenvalue weighted by atomic mass is 35.5. The van der Waals surface area contributed by atoms with Gasteiger partial charge in [0.05, 0.1) is 18.8 Å². The average molecular weight is 297 g/mol. The number of rotatable bonds is 5. The average Bonchev–Trinajstić information content (AvgIpc) is 2.46. The molecular weight excluding hydrogens is 272 g/mol. The van der Waals surface area contributed by atoms with Crippen molar-refractivity contribution in [1.29, 1.82) is 0 Å². The van der Waals surface area contributed by atoms with Gasteiger partial charge in [-0.2, -0.15) is 0 Å². The van der Waals surface area contributed by atoms with Crippen molar-refractivity contribution in [2.24, 2.45) is 11.1 Å².